The number of rotatable bonds is 4. The molecule has 0 saturated carbocycles. The molecule has 0 fully saturated rings. The van der Waals surface area contributed by atoms with Crippen molar-refractivity contribution in [2.75, 3.05) is 14.1 Å². The number of nitrogens with one attached hydrogen (secondary N) is 2. The van der Waals surface area contributed by atoms with Gasteiger partial charge in [0.2, 0.25) is 0 Å². The van der Waals surface area contributed by atoms with Crippen molar-refractivity contribution in [1.29, 1.82) is 0 Å². The average molecular weight is 158 g/mol. The average Bonchev–Trinajstić information content (AvgIpc) is 2.01. The normalized spacial score (nSPS) is 11.2. The van der Waals surface area contributed by atoms with Crippen LogP contribution in [0.2, 0.25) is 0 Å². The fourth-order valence-electron chi connectivity index (χ4n) is 0.641. The highest BCUT2D eigenvalue weighted by atomic mass is 16.4. The molecule has 4 nitrogen and oxygen atoms in total. The third-order valence-corrected chi connectivity index (χ3v) is 1.86. The highest BCUT2D eigenvalue weighted by molar-refractivity contribution is 5.88. The third-order valence-electron chi connectivity index (χ3n) is 1.86. The molecule has 64 valence electrons. The first-order valence-corrected chi connectivity index (χ1v) is 3.28. The summed E-state index contributed by atoms with van der Waals surface area (Å²) in [7, 11) is 3.34. The van der Waals surface area contributed by atoms with E-state index in [0.29, 0.717) is 0 Å². The van der Waals surface area contributed by atoms with Gasteiger partial charge in [0.15, 0.2) is 0 Å². The minimum atomic E-state index is -1.00. The summed E-state index contributed by atoms with van der Waals surface area (Å²) in [5.74, 6) is -1.00. The molecular weight excluding hydrogens is 144 g/mol. The molecule has 0 aromatic heterocycles. The van der Waals surface area contributed by atoms with Crippen molar-refractivity contribution in [3.05, 3.63) is 12.2 Å². The number of carbonyl (C=O) groups is 1. The van der Waals surface area contributed by atoms with E-state index in [4.69, 9.17) is 5.11 Å². The lowest BCUT2D eigenvalue weighted by Gasteiger charge is -2.28. The number of carboxylic acid groups (broad SMARTS) is 1. The molecule has 0 aliphatic carbocycles. The summed E-state index contributed by atoms with van der Waals surface area (Å²) in [5.41, 5.74) is -0.631. The highest BCUT2D eigenvalue weighted by Gasteiger charge is 2.27. The van der Waals surface area contributed by atoms with Crippen molar-refractivity contribution in [2.24, 2.45) is 0 Å². The Morgan fingerprint density at radius 2 is 1.82 bits per heavy atom. The van der Waals surface area contributed by atoms with Crippen LogP contribution >= 0.6 is 0 Å². The van der Waals surface area contributed by atoms with E-state index in [2.05, 4.69) is 17.2 Å². The van der Waals surface area contributed by atoms with Crippen LogP contribution in [0, 0.1) is 0 Å². The fraction of sp³-hybridized carbons (Fsp3) is 0.571. The van der Waals surface area contributed by atoms with Gasteiger partial charge in [-0.05, 0) is 21.0 Å². The number of carboxylic acids is 1. The van der Waals surface area contributed by atoms with Gasteiger partial charge in [-0.15, -0.1) is 0 Å². The molecule has 0 bridgehead atoms. The molecule has 0 aliphatic rings. The van der Waals surface area contributed by atoms with E-state index >= 15 is 0 Å². The molecule has 0 spiro atoms. The van der Waals surface area contributed by atoms with E-state index in [0.717, 1.165) is 0 Å². The standard InChI is InChI=1S/C7H14N2O2/c1-5(6(10)11)7(2,8-3)9-4/h8-9H,1H2,2-4H3,(H,10,11). The molecule has 0 aromatic rings. The van der Waals surface area contributed by atoms with Crippen LogP contribution in [-0.4, -0.2) is 30.8 Å². The van der Waals surface area contributed by atoms with Crippen LogP contribution in [0.4, 0.5) is 0 Å². The molecule has 0 aromatic carbocycles. The SMILES string of the molecule is C=C(C(=O)O)C(C)(NC)NC. The lowest BCUT2D eigenvalue weighted by Crippen LogP contribution is -2.54. The maximum absolute atomic E-state index is 10.5. The Morgan fingerprint density at radius 3 is 1.91 bits per heavy atom. The van der Waals surface area contributed by atoms with Crippen LogP contribution in [0.3, 0.4) is 0 Å². The Labute approximate surface area is 66.3 Å². The second-order valence-corrected chi connectivity index (χ2v) is 2.41. The molecule has 0 aliphatic heterocycles. The predicted octanol–water partition coefficient (Wildman–Crippen LogP) is -0.218. The molecule has 0 amide bonds. The molecular formula is C7H14N2O2. The predicted molar refractivity (Wildman–Crippen MR) is 43.3 cm³/mol. The van der Waals surface area contributed by atoms with E-state index in [1.807, 2.05) is 0 Å². The highest BCUT2D eigenvalue weighted by Crippen LogP contribution is 2.09. The maximum atomic E-state index is 10.5. The van der Waals surface area contributed by atoms with Crippen LogP contribution in [0.1, 0.15) is 6.92 Å². The van der Waals surface area contributed by atoms with Gasteiger partial charge in [-0.2, -0.15) is 0 Å². The van der Waals surface area contributed by atoms with E-state index in [1.54, 1.807) is 21.0 Å². The summed E-state index contributed by atoms with van der Waals surface area (Å²) < 4.78 is 0. The molecule has 0 unspecified atom stereocenters. The second kappa shape index (κ2) is 3.50. The zero-order valence-corrected chi connectivity index (χ0v) is 7.06. The molecule has 4 heteroatoms. The van der Waals surface area contributed by atoms with E-state index in [1.165, 1.54) is 0 Å². The quantitative estimate of drug-likeness (QED) is 0.391. The van der Waals surface area contributed by atoms with Crippen molar-refractivity contribution in [2.45, 2.75) is 12.6 Å². The Balaban J connectivity index is 4.50. The Hall–Kier alpha value is -0.870. The fourth-order valence-corrected chi connectivity index (χ4v) is 0.641. The van der Waals surface area contributed by atoms with Crippen LogP contribution in [0.25, 0.3) is 0 Å². The number of hydrogen-bond acceptors (Lipinski definition) is 3. The summed E-state index contributed by atoms with van der Waals surface area (Å²) in [5, 5.41) is 14.2. The first-order chi connectivity index (χ1) is 4.98. The van der Waals surface area contributed by atoms with Crippen LogP contribution in [0.5, 0.6) is 0 Å². The smallest absolute Gasteiger partial charge is 0.334 e. The van der Waals surface area contributed by atoms with Crippen LogP contribution in [0.15, 0.2) is 12.2 Å². The van der Waals surface area contributed by atoms with Gasteiger partial charge < -0.3 is 5.11 Å². The van der Waals surface area contributed by atoms with Gasteiger partial charge in [0, 0.05) is 0 Å². The summed E-state index contributed by atoms with van der Waals surface area (Å²) in [4.78, 5) is 10.5. The largest absolute Gasteiger partial charge is 0.478 e. The summed E-state index contributed by atoms with van der Waals surface area (Å²) in [6.45, 7) is 5.16. The van der Waals surface area contributed by atoms with Crippen molar-refractivity contribution in [1.82, 2.24) is 10.6 Å². The number of likely N-dealkylation sites (N-methyl/N-ethyl adjacent to an activating group) is 2. The lowest BCUT2D eigenvalue weighted by atomic mass is 10.0. The topological polar surface area (TPSA) is 61.4 Å². The van der Waals surface area contributed by atoms with Crippen LogP contribution < -0.4 is 10.6 Å². The summed E-state index contributed by atoms with van der Waals surface area (Å²) >= 11 is 0. The second-order valence-electron chi connectivity index (χ2n) is 2.41. The molecule has 0 atom stereocenters. The minimum absolute atomic E-state index is 0.0995. The van der Waals surface area contributed by atoms with Gasteiger partial charge in [0.1, 0.15) is 0 Å². The van der Waals surface area contributed by atoms with Gasteiger partial charge >= 0.3 is 5.97 Å². The number of aliphatic carboxylic acids is 1. The van der Waals surface area contributed by atoms with Crippen LogP contribution in [-0.2, 0) is 4.79 Å². The van der Waals surface area contributed by atoms with E-state index in [9.17, 15) is 4.79 Å². The maximum Gasteiger partial charge on any atom is 0.334 e. The minimum Gasteiger partial charge on any atom is -0.478 e. The monoisotopic (exact) mass is 158 g/mol. The van der Waals surface area contributed by atoms with E-state index < -0.39 is 11.6 Å². The molecule has 3 N–H and O–H groups in total. The zero-order valence-electron chi connectivity index (χ0n) is 7.06. The van der Waals surface area contributed by atoms with Crippen molar-refractivity contribution in [3.8, 4) is 0 Å². The lowest BCUT2D eigenvalue weighted by molar-refractivity contribution is -0.133. The molecule has 0 radical (unpaired) electrons. The van der Waals surface area contributed by atoms with Gasteiger partial charge in [-0.3, -0.25) is 10.6 Å². The first-order valence-electron chi connectivity index (χ1n) is 3.28. The summed E-state index contributed by atoms with van der Waals surface area (Å²) in [6.07, 6.45) is 0. The van der Waals surface area contributed by atoms with E-state index in [-0.39, 0.29) is 5.57 Å². The molecule has 0 saturated heterocycles. The Bertz CT molecular complexity index is 173. The Kier molecular flexibility index (Phi) is 3.22. The third kappa shape index (κ3) is 2.03. The zero-order chi connectivity index (χ0) is 9.07. The molecule has 0 rings (SSSR count). The molecule has 0 heterocycles. The molecule has 11 heavy (non-hydrogen) atoms. The van der Waals surface area contributed by atoms with Gasteiger partial charge in [-0.1, -0.05) is 6.58 Å². The van der Waals surface area contributed by atoms with Gasteiger partial charge in [0.25, 0.3) is 0 Å². The summed E-state index contributed by atoms with van der Waals surface area (Å²) in [6, 6.07) is 0. The van der Waals surface area contributed by atoms with Gasteiger partial charge in [0.05, 0.1) is 11.2 Å². The van der Waals surface area contributed by atoms with Crippen molar-refractivity contribution >= 4 is 5.97 Å². The van der Waals surface area contributed by atoms with Crippen molar-refractivity contribution < 1.29 is 9.90 Å². The van der Waals surface area contributed by atoms with Crippen molar-refractivity contribution in [3.63, 3.8) is 0 Å². The first kappa shape index (κ1) is 10.1. The number of hydrogen-bond donors (Lipinski definition) is 3. The Morgan fingerprint density at radius 1 is 1.45 bits per heavy atom. The van der Waals surface area contributed by atoms with Gasteiger partial charge in [-0.25, -0.2) is 4.79 Å².